The van der Waals surface area contributed by atoms with Gasteiger partial charge in [-0.3, -0.25) is 0 Å². The van der Waals surface area contributed by atoms with E-state index in [-0.39, 0.29) is 6.04 Å². The zero-order chi connectivity index (χ0) is 12.3. The Hall–Kier alpha value is -0.720. The van der Waals surface area contributed by atoms with Gasteiger partial charge in [0.05, 0.1) is 5.69 Å². The molecule has 1 unspecified atom stereocenters. The quantitative estimate of drug-likeness (QED) is 0.872. The maximum atomic E-state index is 12.2. The van der Waals surface area contributed by atoms with Gasteiger partial charge in [-0.15, -0.1) is 0 Å². The lowest BCUT2D eigenvalue weighted by Gasteiger charge is -2.14. The molecule has 1 aliphatic rings. The van der Waals surface area contributed by atoms with E-state index in [0.717, 1.165) is 17.9 Å². The molecule has 2 N–H and O–H groups in total. The topological polar surface area (TPSA) is 58.2 Å². The van der Waals surface area contributed by atoms with E-state index in [1.165, 1.54) is 0 Å². The Balaban J connectivity index is 2.24. The number of anilines is 1. The standard InChI is InChI=1S/C11H16N2O2S2/c1-12-10-4-2-3-5-11(10)17(14,15)13-9-6-7-16-8-9/h2-5,9,12-13H,6-8H2,1H3. The molecule has 0 aliphatic carbocycles. The monoisotopic (exact) mass is 272 g/mol. The molecule has 0 spiro atoms. The molecule has 0 saturated carbocycles. The van der Waals surface area contributed by atoms with Crippen molar-refractivity contribution in [2.45, 2.75) is 17.4 Å². The zero-order valence-electron chi connectivity index (χ0n) is 9.64. The molecule has 1 fully saturated rings. The molecule has 94 valence electrons. The van der Waals surface area contributed by atoms with E-state index in [1.54, 1.807) is 37.0 Å². The molecule has 0 aromatic heterocycles. The van der Waals surface area contributed by atoms with Gasteiger partial charge in [0.15, 0.2) is 0 Å². The third-order valence-electron chi connectivity index (χ3n) is 2.70. The minimum absolute atomic E-state index is 0.0647. The number of sulfonamides is 1. The summed E-state index contributed by atoms with van der Waals surface area (Å²) < 4.78 is 27.2. The molecule has 6 heteroatoms. The van der Waals surface area contributed by atoms with Gasteiger partial charge >= 0.3 is 0 Å². The van der Waals surface area contributed by atoms with E-state index in [1.807, 2.05) is 6.07 Å². The van der Waals surface area contributed by atoms with Gasteiger partial charge in [0.2, 0.25) is 10.0 Å². The molecule has 2 rings (SSSR count). The first-order valence-electron chi connectivity index (χ1n) is 5.50. The van der Waals surface area contributed by atoms with Crippen molar-refractivity contribution in [2.75, 3.05) is 23.9 Å². The van der Waals surface area contributed by atoms with Crippen molar-refractivity contribution >= 4 is 27.5 Å². The molecule has 1 aromatic rings. The van der Waals surface area contributed by atoms with E-state index in [4.69, 9.17) is 0 Å². The van der Waals surface area contributed by atoms with Crippen LogP contribution in [0.1, 0.15) is 6.42 Å². The van der Waals surface area contributed by atoms with Crippen LogP contribution in [0.25, 0.3) is 0 Å². The highest BCUT2D eigenvalue weighted by Gasteiger charge is 2.24. The summed E-state index contributed by atoms with van der Waals surface area (Å²) in [5.41, 5.74) is 0.630. The lowest BCUT2D eigenvalue weighted by atomic mass is 10.3. The van der Waals surface area contributed by atoms with Crippen LogP contribution in [0.4, 0.5) is 5.69 Å². The van der Waals surface area contributed by atoms with Crippen molar-refractivity contribution in [1.82, 2.24) is 4.72 Å². The first-order chi connectivity index (χ1) is 8.13. The SMILES string of the molecule is CNc1ccccc1S(=O)(=O)NC1CCSC1. The summed E-state index contributed by atoms with van der Waals surface area (Å²) in [6, 6.07) is 7.00. The van der Waals surface area contributed by atoms with Crippen molar-refractivity contribution in [3.05, 3.63) is 24.3 Å². The highest BCUT2D eigenvalue weighted by Crippen LogP contribution is 2.23. The van der Waals surface area contributed by atoms with Gasteiger partial charge in [0, 0.05) is 18.8 Å². The zero-order valence-corrected chi connectivity index (χ0v) is 11.3. The van der Waals surface area contributed by atoms with E-state index >= 15 is 0 Å². The van der Waals surface area contributed by atoms with Gasteiger partial charge in [-0.1, -0.05) is 12.1 Å². The van der Waals surface area contributed by atoms with Gasteiger partial charge in [0.25, 0.3) is 0 Å². The second kappa shape index (κ2) is 5.29. The molecule has 1 saturated heterocycles. The number of rotatable bonds is 4. The highest BCUT2D eigenvalue weighted by atomic mass is 32.2. The lowest BCUT2D eigenvalue weighted by molar-refractivity contribution is 0.563. The fourth-order valence-electron chi connectivity index (χ4n) is 1.82. The van der Waals surface area contributed by atoms with Crippen molar-refractivity contribution < 1.29 is 8.42 Å². The summed E-state index contributed by atoms with van der Waals surface area (Å²) in [6.07, 6.45) is 0.908. The lowest BCUT2D eigenvalue weighted by Crippen LogP contribution is -2.34. The molecule has 4 nitrogen and oxygen atoms in total. The predicted molar refractivity (Wildman–Crippen MR) is 72.0 cm³/mol. The summed E-state index contributed by atoms with van der Waals surface area (Å²) in [6.45, 7) is 0. The van der Waals surface area contributed by atoms with Gasteiger partial charge in [-0.05, 0) is 24.3 Å². The van der Waals surface area contributed by atoms with Crippen LogP contribution < -0.4 is 10.0 Å². The molecule has 17 heavy (non-hydrogen) atoms. The van der Waals surface area contributed by atoms with E-state index in [2.05, 4.69) is 10.0 Å². The first kappa shape index (κ1) is 12.7. The van der Waals surface area contributed by atoms with E-state index in [9.17, 15) is 8.42 Å². The van der Waals surface area contributed by atoms with Crippen LogP contribution in [-0.4, -0.2) is 33.0 Å². The molecule has 1 heterocycles. The number of hydrogen-bond donors (Lipinski definition) is 2. The molecule has 1 aliphatic heterocycles. The smallest absolute Gasteiger partial charge is 0.242 e. The third-order valence-corrected chi connectivity index (χ3v) is 5.44. The summed E-state index contributed by atoms with van der Waals surface area (Å²) in [4.78, 5) is 0.319. The summed E-state index contributed by atoms with van der Waals surface area (Å²) in [5, 5.41) is 2.90. The van der Waals surface area contributed by atoms with Crippen LogP contribution in [-0.2, 0) is 10.0 Å². The molecular formula is C11H16N2O2S2. The number of hydrogen-bond acceptors (Lipinski definition) is 4. The third kappa shape index (κ3) is 2.94. The van der Waals surface area contributed by atoms with Gasteiger partial charge in [0.1, 0.15) is 4.90 Å². The van der Waals surface area contributed by atoms with Gasteiger partial charge in [-0.2, -0.15) is 11.8 Å². The second-order valence-corrected chi connectivity index (χ2v) is 6.76. The average molecular weight is 272 g/mol. The van der Waals surface area contributed by atoms with Crippen molar-refractivity contribution in [3.63, 3.8) is 0 Å². The van der Waals surface area contributed by atoms with Gasteiger partial charge < -0.3 is 5.32 Å². The summed E-state index contributed by atoms with van der Waals surface area (Å²) >= 11 is 1.79. The molecular weight excluding hydrogens is 256 g/mol. The first-order valence-corrected chi connectivity index (χ1v) is 8.14. The van der Waals surface area contributed by atoms with Crippen molar-refractivity contribution in [3.8, 4) is 0 Å². The number of thioether (sulfide) groups is 1. The minimum atomic E-state index is -3.41. The molecule has 0 amide bonds. The van der Waals surface area contributed by atoms with Crippen LogP contribution >= 0.6 is 11.8 Å². The number of para-hydroxylation sites is 1. The Kier molecular flexibility index (Phi) is 3.96. The Morgan fingerprint density at radius 1 is 1.35 bits per heavy atom. The molecule has 0 bridgehead atoms. The maximum absolute atomic E-state index is 12.2. The van der Waals surface area contributed by atoms with Crippen LogP contribution in [0.5, 0.6) is 0 Å². The predicted octanol–water partition coefficient (Wildman–Crippen LogP) is 1.51. The molecule has 1 aromatic carbocycles. The largest absolute Gasteiger partial charge is 0.387 e. The average Bonchev–Trinajstić information content (AvgIpc) is 2.81. The van der Waals surface area contributed by atoms with E-state index < -0.39 is 10.0 Å². The van der Waals surface area contributed by atoms with Crippen LogP contribution in [0.2, 0.25) is 0 Å². The van der Waals surface area contributed by atoms with Crippen LogP contribution in [0.3, 0.4) is 0 Å². The number of benzene rings is 1. The van der Waals surface area contributed by atoms with Crippen molar-refractivity contribution in [1.29, 1.82) is 0 Å². The Bertz CT molecular complexity index is 482. The van der Waals surface area contributed by atoms with Crippen LogP contribution in [0, 0.1) is 0 Å². The van der Waals surface area contributed by atoms with E-state index in [0.29, 0.717) is 10.6 Å². The molecule has 0 radical (unpaired) electrons. The Morgan fingerprint density at radius 2 is 2.12 bits per heavy atom. The van der Waals surface area contributed by atoms with Crippen LogP contribution in [0.15, 0.2) is 29.2 Å². The Morgan fingerprint density at radius 3 is 2.76 bits per heavy atom. The molecule has 1 atom stereocenters. The normalized spacial score (nSPS) is 20.4. The minimum Gasteiger partial charge on any atom is -0.387 e. The van der Waals surface area contributed by atoms with Crippen molar-refractivity contribution in [2.24, 2.45) is 0 Å². The summed E-state index contributed by atoms with van der Waals surface area (Å²) in [7, 11) is -1.69. The Labute approximate surface area is 106 Å². The maximum Gasteiger partial charge on any atom is 0.242 e. The number of nitrogens with one attached hydrogen (secondary N) is 2. The second-order valence-electron chi connectivity index (χ2n) is 3.93. The fraction of sp³-hybridized carbons (Fsp3) is 0.455. The fourth-order valence-corrected chi connectivity index (χ4v) is 4.56. The summed E-state index contributed by atoms with van der Waals surface area (Å²) in [5.74, 6) is 1.89. The highest BCUT2D eigenvalue weighted by molar-refractivity contribution is 7.99. The van der Waals surface area contributed by atoms with Gasteiger partial charge in [-0.25, -0.2) is 13.1 Å².